The largest absolute Gasteiger partial charge is 0.492 e. The number of carbonyl (C=O) groups excluding carboxylic acids is 3. The van der Waals surface area contributed by atoms with Crippen LogP contribution in [0, 0.1) is 5.92 Å². The number of nitrogens with one attached hydrogen (secondary N) is 4. The van der Waals surface area contributed by atoms with Crippen LogP contribution in [0.2, 0.25) is 0 Å². The fraction of sp³-hybridized carbons (Fsp3) is 0.267. The summed E-state index contributed by atoms with van der Waals surface area (Å²) in [7, 11) is 0. The summed E-state index contributed by atoms with van der Waals surface area (Å²) in [6, 6.07) is 21.6. The van der Waals surface area contributed by atoms with Crippen molar-refractivity contribution in [2.45, 2.75) is 38.5 Å². The van der Waals surface area contributed by atoms with Crippen molar-refractivity contribution in [1.82, 2.24) is 16.2 Å². The van der Waals surface area contributed by atoms with Crippen LogP contribution in [0.25, 0.3) is 0 Å². The molecular weight excluding hydrogens is 592 g/mol. The van der Waals surface area contributed by atoms with E-state index in [1.165, 1.54) is 12.0 Å². The molecule has 0 bridgehead atoms. The predicted octanol–water partition coefficient (Wildman–Crippen LogP) is 5.54. The third kappa shape index (κ3) is 8.62. The number of benzene rings is 3. The number of rotatable bonds is 8. The van der Waals surface area contributed by atoms with Crippen molar-refractivity contribution in [3.63, 3.8) is 0 Å². The van der Waals surface area contributed by atoms with Crippen molar-refractivity contribution < 1.29 is 19.1 Å². The van der Waals surface area contributed by atoms with Gasteiger partial charge in [-0.25, -0.2) is 0 Å². The summed E-state index contributed by atoms with van der Waals surface area (Å²) in [6.07, 6.45) is 5.95. The molecule has 0 spiro atoms. The molecule has 10 heteroatoms. The van der Waals surface area contributed by atoms with Gasteiger partial charge in [-0.3, -0.25) is 30.6 Å². The molecule has 0 atom stereocenters. The number of amides is 3. The Morgan fingerprint density at radius 3 is 2.25 bits per heavy atom. The lowest BCUT2D eigenvalue weighted by Gasteiger charge is -2.20. The Bertz CT molecular complexity index is 1350. The van der Waals surface area contributed by atoms with Gasteiger partial charge in [0.1, 0.15) is 5.75 Å². The number of thiocarbonyl (C=S) groups is 1. The third-order valence-corrected chi connectivity index (χ3v) is 7.42. The zero-order valence-electron chi connectivity index (χ0n) is 21.9. The Hall–Kier alpha value is -3.76. The molecule has 0 radical (unpaired) electrons. The van der Waals surface area contributed by atoms with Crippen molar-refractivity contribution in [2.24, 2.45) is 5.92 Å². The Morgan fingerprint density at radius 2 is 1.55 bits per heavy atom. The number of hydrogen-bond donors (Lipinski definition) is 4. The van der Waals surface area contributed by atoms with Crippen LogP contribution in [-0.4, -0.2) is 29.4 Å². The normalized spacial score (nSPS) is 13.1. The summed E-state index contributed by atoms with van der Waals surface area (Å²) in [5, 5.41) is 5.40. The number of hydrazine groups is 1. The molecule has 0 saturated heterocycles. The lowest BCUT2D eigenvalue weighted by molar-refractivity contribution is -0.120. The van der Waals surface area contributed by atoms with Gasteiger partial charge in [0.05, 0.1) is 11.1 Å². The van der Waals surface area contributed by atoms with Gasteiger partial charge in [-0.1, -0.05) is 49.6 Å². The minimum atomic E-state index is -0.443. The third-order valence-electron chi connectivity index (χ3n) is 6.59. The van der Waals surface area contributed by atoms with E-state index in [9.17, 15) is 14.4 Å². The highest BCUT2D eigenvalue weighted by molar-refractivity contribution is 9.10. The van der Waals surface area contributed by atoms with Gasteiger partial charge in [-0.05, 0) is 89.0 Å². The highest BCUT2D eigenvalue weighted by Gasteiger charge is 2.21. The summed E-state index contributed by atoms with van der Waals surface area (Å²) in [5.74, 6) is -0.186. The van der Waals surface area contributed by atoms with Gasteiger partial charge < -0.3 is 10.1 Å². The molecule has 1 fully saturated rings. The van der Waals surface area contributed by atoms with Crippen molar-refractivity contribution in [1.29, 1.82) is 0 Å². The highest BCUT2D eigenvalue weighted by Crippen LogP contribution is 2.27. The van der Waals surface area contributed by atoms with Gasteiger partial charge >= 0.3 is 0 Å². The molecule has 0 aromatic heterocycles. The van der Waals surface area contributed by atoms with Crippen LogP contribution < -0.4 is 26.2 Å². The van der Waals surface area contributed by atoms with Gasteiger partial charge in [0.15, 0.2) is 5.11 Å². The van der Waals surface area contributed by atoms with Gasteiger partial charge in [-0.15, -0.1) is 0 Å². The lowest BCUT2D eigenvalue weighted by atomic mass is 9.88. The summed E-state index contributed by atoms with van der Waals surface area (Å²) < 4.78 is 6.47. The van der Waals surface area contributed by atoms with Crippen molar-refractivity contribution >= 4 is 56.7 Å². The van der Waals surface area contributed by atoms with Crippen molar-refractivity contribution in [2.75, 3.05) is 11.9 Å². The van der Waals surface area contributed by atoms with E-state index in [1.54, 1.807) is 42.5 Å². The second-order valence-corrected chi connectivity index (χ2v) is 10.8. The van der Waals surface area contributed by atoms with E-state index in [0.29, 0.717) is 33.6 Å². The molecule has 0 heterocycles. The topological polar surface area (TPSA) is 109 Å². The average Bonchev–Trinajstić information content (AvgIpc) is 2.98. The van der Waals surface area contributed by atoms with E-state index < -0.39 is 11.8 Å². The first-order valence-electron chi connectivity index (χ1n) is 13.2. The molecule has 1 aliphatic carbocycles. The van der Waals surface area contributed by atoms with Crippen LogP contribution in [0.4, 0.5) is 5.69 Å². The second-order valence-electron chi connectivity index (χ2n) is 9.49. The molecule has 0 aliphatic heterocycles. The van der Waals surface area contributed by atoms with E-state index in [0.717, 1.165) is 32.1 Å². The maximum atomic E-state index is 12.6. The van der Waals surface area contributed by atoms with E-state index in [-0.39, 0.29) is 16.9 Å². The number of ether oxygens (including phenoxy) is 1. The minimum Gasteiger partial charge on any atom is -0.492 e. The van der Waals surface area contributed by atoms with Crippen molar-refractivity contribution in [3.8, 4) is 5.75 Å². The highest BCUT2D eigenvalue weighted by atomic mass is 79.9. The molecule has 4 rings (SSSR count). The molecule has 1 saturated carbocycles. The van der Waals surface area contributed by atoms with Crippen molar-refractivity contribution in [3.05, 3.63) is 94.0 Å². The summed E-state index contributed by atoms with van der Waals surface area (Å²) in [6.45, 7) is 0.500. The summed E-state index contributed by atoms with van der Waals surface area (Å²) in [4.78, 5) is 37.5. The predicted molar refractivity (Wildman–Crippen MR) is 162 cm³/mol. The van der Waals surface area contributed by atoms with Gasteiger partial charge in [-0.2, -0.15) is 0 Å². The Labute approximate surface area is 247 Å². The first-order chi connectivity index (χ1) is 19.4. The lowest BCUT2D eigenvalue weighted by Crippen LogP contribution is -2.48. The van der Waals surface area contributed by atoms with Crippen LogP contribution in [0.1, 0.15) is 58.4 Å². The molecule has 8 nitrogen and oxygen atoms in total. The smallest absolute Gasteiger partial charge is 0.269 e. The maximum absolute atomic E-state index is 12.6. The maximum Gasteiger partial charge on any atom is 0.269 e. The molecule has 208 valence electrons. The van der Waals surface area contributed by atoms with Crippen LogP contribution in [-0.2, 0) is 11.2 Å². The Morgan fingerprint density at radius 1 is 0.850 bits per heavy atom. The molecule has 40 heavy (non-hydrogen) atoms. The minimum absolute atomic E-state index is 0.0249. The fourth-order valence-electron chi connectivity index (χ4n) is 4.39. The van der Waals surface area contributed by atoms with Crippen LogP contribution >= 0.6 is 28.1 Å². The first-order valence-corrected chi connectivity index (χ1v) is 14.4. The summed E-state index contributed by atoms with van der Waals surface area (Å²) >= 11 is 8.60. The van der Waals surface area contributed by atoms with E-state index in [4.69, 9.17) is 17.0 Å². The Balaban J connectivity index is 1.20. The molecule has 3 aromatic rings. The number of hydrogen-bond acceptors (Lipinski definition) is 5. The van der Waals surface area contributed by atoms with E-state index in [2.05, 4.69) is 37.4 Å². The molecule has 3 aromatic carbocycles. The molecule has 1 aliphatic rings. The molecule has 4 N–H and O–H groups in total. The van der Waals surface area contributed by atoms with E-state index in [1.807, 2.05) is 30.3 Å². The SMILES string of the molecule is O=C(NNC(=S)NC(=O)c1ccc(OCCc2ccccc2)c(Br)c1)c1ccc(NC(=O)C2CCCCC2)cc1. The summed E-state index contributed by atoms with van der Waals surface area (Å²) in [5.41, 5.74) is 7.55. The van der Waals surface area contributed by atoms with Crippen LogP contribution in [0.5, 0.6) is 5.75 Å². The quantitative estimate of drug-likeness (QED) is 0.194. The van der Waals surface area contributed by atoms with Crippen LogP contribution in [0.15, 0.2) is 77.3 Å². The molecule has 0 unspecified atom stereocenters. The fourth-order valence-corrected chi connectivity index (χ4v) is 5.03. The van der Waals surface area contributed by atoms with Gasteiger partial charge in [0.2, 0.25) is 5.91 Å². The monoisotopic (exact) mass is 622 g/mol. The van der Waals surface area contributed by atoms with E-state index >= 15 is 0 Å². The average molecular weight is 624 g/mol. The van der Waals surface area contributed by atoms with Gasteiger partial charge in [0, 0.05) is 29.2 Å². The van der Waals surface area contributed by atoms with Crippen LogP contribution in [0.3, 0.4) is 0 Å². The Kier molecular flexibility index (Phi) is 10.7. The number of anilines is 1. The number of halogens is 1. The second kappa shape index (κ2) is 14.6. The molecule has 3 amide bonds. The molecular formula is C30H31BrN4O4S. The van der Waals surface area contributed by atoms with Gasteiger partial charge in [0.25, 0.3) is 11.8 Å². The number of carbonyl (C=O) groups is 3. The standard InChI is InChI=1S/C30H31BrN4O4S/c31-25-19-23(13-16-26(25)39-18-17-20-7-3-1-4-8-20)28(37)33-30(40)35-34-29(38)22-11-14-24(15-12-22)32-27(36)21-9-5-2-6-10-21/h1,3-4,7-8,11-16,19,21H,2,5-6,9-10,17-18H2,(H,32,36)(H,34,38)(H2,33,35,37,40). The first kappa shape index (κ1) is 29.2. The zero-order chi connectivity index (χ0) is 28.3. The zero-order valence-corrected chi connectivity index (χ0v) is 24.3.